The van der Waals surface area contributed by atoms with Gasteiger partial charge < -0.3 is 24.3 Å². The fourth-order valence-corrected chi connectivity index (χ4v) is 1.49. The van der Waals surface area contributed by atoms with E-state index in [0.717, 1.165) is 19.4 Å². The number of rotatable bonds is 16. The van der Waals surface area contributed by atoms with Gasteiger partial charge in [0.05, 0.1) is 46.2 Å². The smallest absolute Gasteiger partial charge is 0.220 e. The zero-order valence-corrected chi connectivity index (χ0v) is 13.5. The van der Waals surface area contributed by atoms with Crippen LogP contribution in [0.4, 0.5) is 0 Å². The molecule has 1 N–H and O–H groups in total. The number of carbonyl (C=O) groups excluding carboxylic acids is 1. The summed E-state index contributed by atoms with van der Waals surface area (Å²) in [5.41, 5.74) is 0. The van der Waals surface area contributed by atoms with E-state index < -0.39 is 0 Å². The van der Waals surface area contributed by atoms with Gasteiger partial charge in [0, 0.05) is 21.0 Å². The number of unbranched alkanes of at least 4 members (excludes halogenated alkanes) is 1. The minimum absolute atomic E-state index is 0. The van der Waals surface area contributed by atoms with Crippen LogP contribution in [-0.4, -0.2) is 65.3 Å². The lowest BCUT2D eigenvalue weighted by atomic mass is 10.2. The molecule has 0 atom stereocenters. The highest BCUT2D eigenvalue weighted by Crippen LogP contribution is 1.92. The third-order valence-electron chi connectivity index (χ3n) is 2.65. The van der Waals surface area contributed by atoms with Crippen molar-refractivity contribution in [1.82, 2.24) is 5.32 Å². The van der Waals surface area contributed by atoms with Gasteiger partial charge in [0.25, 0.3) is 0 Å². The average Bonchev–Trinajstić information content (AvgIpc) is 2.49. The maximum absolute atomic E-state index is 11.3. The molecule has 0 aliphatic rings. The summed E-state index contributed by atoms with van der Waals surface area (Å²) < 4.78 is 21.1. The largest absolute Gasteiger partial charge is 0.379 e. The second-order valence-electron chi connectivity index (χ2n) is 4.49. The van der Waals surface area contributed by atoms with Crippen molar-refractivity contribution < 1.29 is 25.2 Å². The van der Waals surface area contributed by atoms with Gasteiger partial charge in [0.1, 0.15) is 0 Å². The molecule has 0 spiro atoms. The number of amides is 1. The second-order valence-corrected chi connectivity index (χ2v) is 4.49. The lowest BCUT2D eigenvalue weighted by molar-refractivity contribution is -0.121. The zero-order chi connectivity index (χ0) is 15.6. The molecule has 0 rings (SSSR count). The van der Waals surface area contributed by atoms with Crippen molar-refractivity contribution >= 4 is 5.91 Å². The van der Waals surface area contributed by atoms with E-state index >= 15 is 0 Å². The van der Waals surface area contributed by atoms with Gasteiger partial charge >= 0.3 is 0 Å². The van der Waals surface area contributed by atoms with Crippen LogP contribution in [0.15, 0.2) is 0 Å². The molecular weight excluding hydrogens is 274 g/mol. The first-order valence-corrected chi connectivity index (χ1v) is 7.88. The van der Waals surface area contributed by atoms with E-state index in [-0.39, 0.29) is 7.33 Å². The standard InChI is InChI=1S/C15H31NO5.H2/c1-3-5-6-15(17)16-7-8-19-11-12-21-14-13-20-10-9-18-4-2;/h3-14H2,1-2H3,(H,16,17);1H. The maximum atomic E-state index is 11.3. The minimum Gasteiger partial charge on any atom is -0.379 e. The molecule has 0 fully saturated rings. The first-order chi connectivity index (χ1) is 10.3. The van der Waals surface area contributed by atoms with Gasteiger partial charge in [-0.2, -0.15) is 0 Å². The van der Waals surface area contributed by atoms with Crippen molar-refractivity contribution in [3.05, 3.63) is 0 Å². The van der Waals surface area contributed by atoms with Crippen LogP contribution in [0.2, 0.25) is 0 Å². The van der Waals surface area contributed by atoms with Gasteiger partial charge in [-0.3, -0.25) is 4.79 Å². The summed E-state index contributed by atoms with van der Waals surface area (Å²) in [5, 5.41) is 2.82. The second kappa shape index (κ2) is 17.4. The summed E-state index contributed by atoms with van der Waals surface area (Å²) in [6, 6.07) is 0. The van der Waals surface area contributed by atoms with Crippen molar-refractivity contribution in [2.45, 2.75) is 33.1 Å². The molecule has 0 aromatic heterocycles. The lowest BCUT2D eigenvalue weighted by Crippen LogP contribution is -2.27. The normalized spacial score (nSPS) is 10.8. The Morgan fingerprint density at radius 1 is 0.857 bits per heavy atom. The predicted octanol–water partition coefficient (Wildman–Crippen LogP) is 1.63. The van der Waals surface area contributed by atoms with Gasteiger partial charge in [-0.25, -0.2) is 0 Å². The Bertz CT molecular complexity index is 232. The van der Waals surface area contributed by atoms with Gasteiger partial charge in [0.15, 0.2) is 0 Å². The molecule has 0 saturated carbocycles. The highest BCUT2D eigenvalue weighted by molar-refractivity contribution is 5.75. The molecule has 0 aliphatic heterocycles. The monoisotopic (exact) mass is 307 g/mol. The Morgan fingerprint density at radius 3 is 1.90 bits per heavy atom. The van der Waals surface area contributed by atoms with Crippen LogP contribution in [0.3, 0.4) is 0 Å². The van der Waals surface area contributed by atoms with E-state index in [1.54, 1.807) is 0 Å². The summed E-state index contributed by atoms with van der Waals surface area (Å²) in [5.74, 6) is 0.0981. The molecule has 0 aromatic carbocycles. The summed E-state index contributed by atoms with van der Waals surface area (Å²) in [6.45, 7) is 9.26. The molecule has 0 aromatic rings. The Morgan fingerprint density at radius 2 is 1.38 bits per heavy atom. The minimum atomic E-state index is 0. The summed E-state index contributed by atoms with van der Waals surface area (Å²) in [6.07, 6.45) is 2.58. The highest BCUT2D eigenvalue weighted by atomic mass is 16.6. The number of carbonyl (C=O) groups is 1. The fraction of sp³-hybridized carbons (Fsp3) is 0.933. The Balaban J connectivity index is 0. The van der Waals surface area contributed by atoms with Crippen molar-refractivity contribution in [2.24, 2.45) is 0 Å². The molecule has 128 valence electrons. The molecule has 0 bridgehead atoms. The number of nitrogens with one attached hydrogen (secondary N) is 1. The van der Waals surface area contributed by atoms with Crippen LogP contribution < -0.4 is 5.32 Å². The molecule has 0 unspecified atom stereocenters. The van der Waals surface area contributed by atoms with Gasteiger partial charge in [-0.15, -0.1) is 0 Å². The van der Waals surface area contributed by atoms with Crippen LogP contribution in [0, 0.1) is 0 Å². The first-order valence-electron chi connectivity index (χ1n) is 7.88. The molecule has 0 saturated heterocycles. The third kappa shape index (κ3) is 17.3. The lowest BCUT2D eigenvalue weighted by Gasteiger charge is -2.07. The number of ether oxygens (including phenoxy) is 4. The van der Waals surface area contributed by atoms with E-state index in [2.05, 4.69) is 12.2 Å². The summed E-state index contributed by atoms with van der Waals surface area (Å²) >= 11 is 0. The molecule has 1 amide bonds. The molecule has 0 aliphatic carbocycles. The SMILES string of the molecule is CCCCC(=O)NCCOCCOCCOCCOCC.[HH]. The van der Waals surface area contributed by atoms with Crippen LogP contribution in [0.25, 0.3) is 0 Å². The van der Waals surface area contributed by atoms with Gasteiger partial charge in [-0.05, 0) is 13.3 Å². The highest BCUT2D eigenvalue weighted by Gasteiger charge is 1.98. The Hall–Kier alpha value is -0.690. The zero-order valence-electron chi connectivity index (χ0n) is 13.5. The molecule has 6 nitrogen and oxygen atoms in total. The third-order valence-corrected chi connectivity index (χ3v) is 2.65. The van der Waals surface area contributed by atoms with Crippen molar-refractivity contribution in [3.63, 3.8) is 0 Å². The van der Waals surface area contributed by atoms with Crippen LogP contribution in [0.1, 0.15) is 34.5 Å². The summed E-state index contributed by atoms with van der Waals surface area (Å²) in [7, 11) is 0. The van der Waals surface area contributed by atoms with E-state index in [1.807, 2.05) is 6.92 Å². The molecule has 21 heavy (non-hydrogen) atoms. The van der Waals surface area contributed by atoms with Crippen molar-refractivity contribution in [3.8, 4) is 0 Å². The summed E-state index contributed by atoms with van der Waals surface area (Å²) in [4.78, 5) is 11.3. The van der Waals surface area contributed by atoms with Crippen molar-refractivity contribution in [2.75, 3.05) is 59.4 Å². The number of hydrogen-bond acceptors (Lipinski definition) is 5. The van der Waals surface area contributed by atoms with Crippen LogP contribution in [0.5, 0.6) is 0 Å². The Kier molecular flexibility index (Phi) is 16.8. The van der Waals surface area contributed by atoms with E-state index in [0.29, 0.717) is 59.2 Å². The maximum Gasteiger partial charge on any atom is 0.220 e. The quantitative estimate of drug-likeness (QED) is 0.439. The van der Waals surface area contributed by atoms with Gasteiger partial charge in [0.2, 0.25) is 5.91 Å². The van der Waals surface area contributed by atoms with Crippen LogP contribution >= 0.6 is 0 Å². The fourth-order valence-electron chi connectivity index (χ4n) is 1.49. The van der Waals surface area contributed by atoms with E-state index in [4.69, 9.17) is 18.9 Å². The number of hydrogen-bond donors (Lipinski definition) is 1. The predicted molar refractivity (Wildman–Crippen MR) is 83.6 cm³/mol. The van der Waals surface area contributed by atoms with Crippen LogP contribution in [-0.2, 0) is 23.7 Å². The average molecular weight is 307 g/mol. The topological polar surface area (TPSA) is 66.0 Å². The molecule has 0 radical (unpaired) electrons. The van der Waals surface area contributed by atoms with E-state index in [1.165, 1.54) is 0 Å². The molecular formula is C15H33NO5. The molecule has 6 heteroatoms. The molecule has 0 heterocycles. The van der Waals surface area contributed by atoms with Gasteiger partial charge in [-0.1, -0.05) is 13.3 Å². The first kappa shape index (κ1) is 20.3. The Labute approximate surface area is 129 Å². The van der Waals surface area contributed by atoms with E-state index in [9.17, 15) is 4.79 Å². The van der Waals surface area contributed by atoms with Crippen molar-refractivity contribution in [1.29, 1.82) is 0 Å².